The second-order valence-corrected chi connectivity index (χ2v) is 7.55. The Bertz CT molecular complexity index is 797. The maximum Gasteiger partial charge on any atom is 0.315 e. The average molecular weight is 387 g/mol. The van der Waals surface area contributed by atoms with Crippen molar-refractivity contribution in [3.63, 3.8) is 0 Å². The summed E-state index contributed by atoms with van der Waals surface area (Å²) in [5, 5.41) is 14.5. The molecule has 0 fully saturated rings. The molecule has 1 aliphatic heterocycles. The molecule has 0 saturated heterocycles. The fraction of sp³-hybridized carbons (Fsp3) is 0.579. The largest absolute Gasteiger partial charge is 0.336 e. The zero-order valence-electron chi connectivity index (χ0n) is 16.8. The average Bonchev–Trinajstić information content (AvgIpc) is 3.32. The van der Waals surface area contributed by atoms with Gasteiger partial charge in [-0.25, -0.2) is 4.79 Å². The Kier molecular flexibility index (Phi) is 6.33. The van der Waals surface area contributed by atoms with E-state index in [0.717, 1.165) is 24.4 Å². The number of carbonyl (C=O) groups excluding carboxylic acids is 2. The van der Waals surface area contributed by atoms with E-state index >= 15 is 0 Å². The van der Waals surface area contributed by atoms with E-state index in [4.69, 9.17) is 0 Å². The maximum atomic E-state index is 12.2. The molecular weight excluding hydrogens is 358 g/mol. The van der Waals surface area contributed by atoms with Crippen molar-refractivity contribution in [1.29, 1.82) is 0 Å². The second kappa shape index (κ2) is 8.90. The molecule has 1 atom stereocenters. The number of hydrogen-bond acceptors (Lipinski definition) is 4. The Morgan fingerprint density at radius 3 is 2.79 bits per heavy atom. The van der Waals surface area contributed by atoms with Crippen LogP contribution in [-0.2, 0) is 31.0 Å². The van der Waals surface area contributed by atoms with Crippen molar-refractivity contribution in [2.75, 3.05) is 6.54 Å². The summed E-state index contributed by atoms with van der Waals surface area (Å²) >= 11 is 0. The van der Waals surface area contributed by atoms with E-state index in [1.807, 2.05) is 53.4 Å². The number of aromatic nitrogens is 4. The topological polar surface area (TPSA) is 97.1 Å². The molecule has 2 aromatic heterocycles. The van der Waals surface area contributed by atoms with Gasteiger partial charge in [-0.05, 0) is 25.5 Å². The molecule has 3 rings (SSSR count). The van der Waals surface area contributed by atoms with Gasteiger partial charge in [0.05, 0.1) is 31.0 Å². The van der Waals surface area contributed by atoms with Crippen LogP contribution in [0.15, 0.2) is 24.5 Å². The van der Waals surface area contributed by atoms with Crippen LogP contribution in [0.3, 0.4) is 0 Å². The molecule has 3 heterocycles. The molecular formula is C19H29N7O2. The Morgan fingerprint density at radius 2 is 2.07 bits per heavy atom. The predicted octanol–water partition coefficient (Wildman–Crippen LogP) is 1.36. The number of amides is 3. The van der Waals surface area contributed by atoms with Gasteiger partial charge in [-0.15, -0.1) is 0 Å². The number of nitrogens with one attached hydrogen (secondary N) is 2. The summed E-state index contributed by atoms with van der Waals surface area (Å²) in [4.78, 5) is 26.2. The molecule has 0 radical (unpaired) electrons. The van der Waals surface area contributed by atoms with Crippen molar-refractivity contribution in [1.82, 2.24) is 35.1 Å². The summed E-state index contributed by atoms with van der Waals surface area (Å²) in [6, 6.07) is 3.67. The molecule has 152 valence electrons. The van der Waals surface area contributed by atoms with Crippen LogP contribution in [0.4, 0.5) is 4.79 Å². The highest BCUT2D eigenvalue weighted by Gasteiger charge is 2.23. The lowest BCUT2D eigenvalue weighted by atomic mass is 10.1. The minimum Gasteiger partial charge on any atom is -0.336 e. The minimum atomic E-state index is -0.212. The van der Waals surface area contributed by atoms with Gasteiger partial charge < -0.3 is 15.5 Å². The number of nitrogens with zero attached hydrogens (tertiary/aromatic N) is 5. The third-order valence-corrected chi connectivity index (χ3v) is 4.81. The smallest absolute Gasteiger partial charge is 0.315 e. The first-order valence-corrected chi connectivity index (χ1v) is 9.78. The van der Waals surface area contributed by atoms with Gasteiger partial charge in [-0.3, -0.25) is 14.2 Å². The zero-order chi connectivity index (χ0) is 20.1. The molecule has 0 unspecified atom stereocenters. The number of urea groups is 1. The van der Waals surface area contributed by atoms with E-state index in [0.29, 0.717) is 26.2 Å². The number of rotatable bonds is 7. The van der Waals surface area contributed by atoms with Gasteiger partial charge in [-0.1, -0.05) is 13.8 Å². The number of fused-ring (bicyclic) bond motifs is 1. The van der Waals surface area contributed by atoms with E-state index < -0.39 is 0 Å². The van der Waals surface area contributed by atoms with E-state index in [-0.39, 0.29) is 23.9 Å². The molecule has 2 aromatic rings. The van der Waals surface area contributed by atoms with Gasteiger partial charge in [-0.2, -0.15) is 10.2 Å². The highest BCUT2D eigenvalue weighted by Crippen LogP contribution is 2.16. The minimum absolute atomic E-state index is 0.00501. The predicted molar refractivity (Wildman–Crippen MR) is 104 cm³/mol. The highest BCUT2D eigenvalue weighted by atomic mass is 16.2. The summed E-state index contributed by atoms with van der Waals surface area (Å²) in [5.41, 5.74) is 1.80. The number of aryl methyl sites for hydroxylation is 1. The lowest BCUT2D eigenvalue weighted by Gasteiger charge is -2.29. The van der Waals surface area contributed by atoms with Crippen molar-refractivity contribution in [3.05, 3.63) is 35.9 Å². The SMILES string of the molecule is CC(C)C(=O)N1CCn2nc(CNC(=O)N[C@@H](C)CCn3cccn3)cc2C1. The third kappa shape index (κ3) is 5.11. The molecule has 0 bridgehead atoms. The van der Waals surface area contributed by atoms with E-state index in [1.54, 1.807) is 6.20 Å². The van der Waals surface area contributed by atoms with Gasteiger partial charge in [0, 0.05) is 37.4 Å². The van der Waals surface area contributed by atoms with Gasteiger partial charge in [0.1, 0.15) is 0 Å². The van der Waals surface area contributed by atoms with Crippen LogP contribution in [0.5, 0.6) is 0 Å². The molecule has 1 aliphatic rings. The van der Waals surface area contributed by atoms with Crippen LogP contribution in [0.25, 0.3) is 0 Å². The Balaban J connectivity index is 1.44. The summed E-state index contributed by atoms with van der Waals surface area (Å²) in [6.45, 7) is 8.84. The molecule has 0 aliphatic carbocycles. The van der Waals surface area contributed by atoms with Crippen LogP contribution in [0, 0.1) is 5.92 Å². The van der Waals surface area contributed by atoms with Crippen LogP contribution in [-0.4, -0.2) is 49.0 Å². The van der Waals surface area contributed by atoms with Crippen LogP contribution in [0.1, 0.15) is 38.6 Å². The zero-order valence-corrected chi connectivity index (χ0v) is 16.8. The Labute approximate surface area is 165 Å². The summed E-state index contributed by atoms with van der Waals surface area (Å²) in [7, 11) is 0. The fourth-order valence-corrected chi connectivity index (χ4v) is 3.24. The van der Waals surface area contributed by atoms with Crippen molar-refractivity contribution < 1.29 is 9.59 Å². The summed E-state index contributed by atoms with van der Waals surface area (Å²) in [6.07, 6.45) is 4.45. The first-order chi connectivity index (χ1) is 13.4. The molecule has 0 spiro atoms. The van der Waals surface area contributed by atoms with E-state index in [9.17, 15) is 9.59 Å². The maximum absolute atomic E-state index is 12.2. The number of hydrogen-bond donors (Lipinski definition) is 2. The molecule has 9 nitrogen and oxygen atoms in total. The lowest BCUT2D eigenvalue weighted by molar-refractivity contribution is -0.136. The van der Waals surface area contributed by atoms with Crippen molar-refractivity contribution in [2.45, 2.75) is 59.4 Å². The molecule has 3 amide bonds. The monoisotopic (exact) mass is 387 g/mol. The van der Waals surface area contributed by atoms with Crippen LogP contribution < -0.4 is 10.6 Å². The normalized spacial score (nSPS) is 14.6. The van der Waals surface area contributed by atoms with E-state index in [2.05, 4.69) is 20.8 Å². The van der Waals surface area contributed by atoms with Crippen LogP contribution in [0.2, 0.25) is 0 Å². The van der Waals surface area contributed by atoms with Gasteiger partial charge >= 0.3 is 6.03 Å². The van der Waals surface area contributed by atoms with Gasteiger partial charge in [0.25, 0.3) is 0 Å². The first kappa shape index (κ1) is 19.9. The van der Waals surface area contributed by atoms with Crippen molar-refractivity contribution >= 4 is 11.9 Å². The second-order valence-electron chi connectivity index (χ2n) is 7.55. The molecule has 0 saturated carbocycles. The molecule has 28 heavy (non-hydrogen) atoms. The van der Waals surface area contributed by atoms with Crippen molar-refractivity contribution in [3.8, 4) is 0 Å². The lowest BCUT2D eigenvalue weighted by Crippen LogP contribution is -2.41. The third-order valence-electron chi connectivity index (χ3n) is 4.81. The number of carbonyl (C=O) groups is 2. The quantitative estimate of drug-likeness (QED) is 0.750. The van der Waals surface area contributed by atoms with E-state index in [1.165, 1.54) is 0 Å². The van der Waals surface area contributed by atoms with Crippen molar-refractivity contribution in [2.24, 2.45) is 5.92 Å². The summed E-state index contributed by atoms with van der Waals surface area (Å²) < 4.78 is 3.77. The van der Waals surface area contributed by atoms with Gasteiger partial charge in [0.2, 0.25) is 5.91 Å². The summed E-state index contributed by atoms with van der Waals surface area (Å²) in [5.74, 6) is 0.158. The molecule has 2 N–H and O–H groups in total. The molecule has 9 heteroatoms. The Hall–Kier alpha value is -2.84. The van der Waals surface area contributed by atoms with Crippen LogP contribution >= 0.6 is 0 Å². The fourth-order valence-electron chi connectivity index (χ4n) is 3.24. The highest BCUT2D eigenvalue weighted by molar-refractivity contribution is 5.78. The standard InChI is InChI=1S/C19H29N7O2/c1-14(2)18(27)24-9-10-26-17(13-24)11-16(23-26)12-20-19(28)22-15(3)5-8-25-7-4-6-21-25/h4,6-7,11,14-15H,5,8-10,12-13H2,1-3H3,(H2,20,22,28)/t15-/m0/s1. The van der Waals surface area contributed by atoms with Gasteiger partial charge in [0.15, 0.2) is 0 Å². The molecule has 0 aromatic carbocycles. The Morgan fingerprint density at radius 1 is 1.25 bits per heavy atom. The first-order valence-electron chi connectivity index (χ1n) is 9.78.